The zero-order valence-electron chi connectivity index (χ0n) is 20.2. The highest BCUT2D eigenvalue weighted by Crippen LogP contribution is 2.43. The molecule has 6 rings (SSSR count). The molecule has 2 unspecified atom stereocenters. The number of nitrogens with zero attached hydrogens (tertiary/aromatic N) is 3. The highest BCUT2D eigenvalue weighted by molar-refractivity contribution is 5.96. The van der Waals surface area contributed by atoms with Crippen LogP contribution in [0.2, 0.25) is 0 Å². The molecule has 186 valence electrons. The Labute approximate surface area is 209 Å². The first-order valence-corrected chi connectivity index (χ1v) is 13.0. The summed E-state index contributed by atoms with van der Waals surface area (Å²) < 4.78 is 17.6. The predicted molar refractivity (Wildman–Crippen MR) is 134 cm³/mol. The van der Waals surface area contributed by atoms with Gasteiger partial charge in [-0.1, -0.05) is 37.1 Å². The number of rotatable bonds is 5. The number of halogens is 1. The third-order valence-electron chi connectivity index (χ3n) is 8.14. The van der Waals surface area contributed by atoms with Gasteiger partial charge in [0.05, 0.1) is 23.1 Å². The van der Waals surface area contributed by atoms with Crippen LogP contribution < -0.4 is 0 Å². The Balaban J connectivity index is 1.34. The Morgan fingerprint density at radius 2 is 1.72 bits per heavy atom. The fourth-order valence-corrected chi connectivity index (χ4v) is 6.23. The van der Waals surface area contributed by atoms with Gasteiger partial charge in [-0.05, 0) is 68.2 Å². The Kier molecular flexibility index (Phi) is 5.86. The molecule has 2 aliphatic carbocycles. The second-order valence-electron chi connectivity index (χ2n) is 10.4. The van der Waals surface area contributed by atoms with E-state index in [1.807, 2.05) is 29.2 Å². The maximum absolute atomic E-state index is 15.9. The molecule has 0 bridgehead atoms. The first-order chi connectivity index (χ1) is 17.5. The average Bonchev–Trinajstić information content (AvgIpc) is 3.65. The van der Waals surface area contributed by atoms with Crippen molar-refractivity contribution in [2.75, 3.05) is 6.54 Å². The van der Waals surface area contributed by atoms with Gasteiger partial charge in [-0.2, -0.15) is 5.10 Å². The molecule has 2 aromatic carbocycles. The van der Waals surface area contributed by atoms with Crippen LogP contribution in [0.3, 0.4) is 0 Å². The number of hydrogen-bond acceptors (Lipinski definition) is 3. The number of carbonyl (C=O) groups is 2. The smallest absolute Gasteiger partial charge is 0.339 e. The van der Waals surface area contributed by atoms with Crippen LogP contribution in [0.1, 0.15) is 83.7 Å². The summed E-state index contributed by atoms with van der Waals surface area (Å²) in [5.41, 5.74) is 2.69. The van der Waals surface area contributed by atoms with Crippen molar-refractivity contribution in [3.63, 3.8) is 0 Å². The maximum Gasteiger partial charge on any atom is 0.339 e. The third kappa shape index (κ3) is 4.00. The molecule has 3 aliphatic rings. The van der Waals surface area contributed by atoms with Gasteiger partial charge in [0, 0.05) is 24.1 Å². The Hall–Kier alpha value is -3.48. The van der Waals surface area contributed by atoms with E-state index in [4.69, 9.17) is 0 Å². The number of aromatic carboxylic acids is 1. The predicted octanol–water partition coefficient (Wildman–Crippen LogP) is 6.05. The lowest BCUT2D eigenvalue weighted by Gasteiger charge is -2.44. The molecule has 1 amide bonds. The van der Waals surface area contributed by atoms with Gasteiger partial charge in [-0.3, -0.25) is 4.79 Å². The van der Waals surface area contributed by atoms with Crippen molar-refractivity contribution >= 4 is 11.9 Å². The van der Waals surface area contributed by atoms with E-state index >= 15 is 4.39 Å². The van der Waals surface area contributed by atoms with Gasteiger partial charge in [-0.25, -0.2) is 13.9 Å². The van der Waals surface area contributed by atoms with Crippen LogP contribution in [-0.2, 0) is 0 Å². The minimum Gasteiger partial charge on any atom is -0.478 e. The van der Waals surface area contributed by atoms with Crippen molar-refractivity contribution in [3.05, 3.63) is 71.3 Å². The number of carbonyl (C=O) groups excluding carboxylic acids is 1. The van der Waals surface area contributed by atoms with Crippen LogP contribution in [0.25, 0.3) is 16.8 Å². The van der Waals surface area contributed by atoms with Crippen molar-refractivity contribution in [2.24, 2.45) is 5.92 Å². The molecule has 1 aliphatic heterocycles. The number of hydrogen-bond donors (Lipinski definition) is 1. The number of benzene rings is 2. The Bertz CT molecular complexity index is 1330. The second-order valence-corrected chi connectivity index (χ2v) is 10.4. The average molecular weight is 488 g/mol. The van der Waals surface area contributed by atoms with Crippen LogP contribution >= 0.6 is 0 Å². The number of piperidine rings is 1. The summed E-state index contributed by atoms with van der Waals surface area (Å²) in [4.78, 5) is 27.2. The molecule has 2 heterocycles. The van der Waals surface area contributed by atoms with Gasteiger partial charge in [0.2, 0.25) is 0 Å². The summed E-state index contributed by atoms with van der Waals surface area (Å²) in [6, 6.07) is 12.5. The lowest BCUT2D eigenvalue weighted by Crippen LogP contribution is -2.49. The van der Waals surface area contributed by atoms with Crippen LogP contribution in [-0.4, -0.2) is 44.3 Å². The van der Waals surface area contributed by atoms with E-state index in [0.717, 1.165) is 44.9 Å². The van der Waals surface area contributed by atoms with E-state index in [1.165, 1.54) is 12.6 Å². The molecular weight excluding hydrogens is 457 g/mol. The molecule has 2 atom stereocenters. The van der Waals surface area contributed by atoms with Crippen LogP contribution in [0.5, 0.6) is 0 Å². The van der Waals surface area contributed by atoms with Crippen molar-refractivity contribution in [1.29, 1.82) is 0 Å². The molecular formula is C29H30FN3O3. The standard InChI is InChI=1S/C29H30FN3O3/c30-26-22(10-4-11-23(26)28(34)32-15-5-8-18-6-1-2-12-25(18)32)20-7-3-9-21(16-20)33-27(19-13-14-19)24(17-31-33)29(35)36/h3-4,7,9-11,16-19,25H,1-2,5-6,8,12-15H2,(H,35,36). The van der Waals surface area contributed by atoms with E-state index in [-0.39, 0.29) is 29.0 Å². The van der Waals surface area contributed by atoms with E-state index in [9.17, 15) is 14.7 Å². The van der Waals surface area contributed by atoms with Gasteiger partial charge >= 0.3 is 5.97 Å². The van der Waals surface area contributed by atoms with E-state index < -0.39 is 11.8 Å². The van der Waals surface area contributed by atoms with E-state index in [2.05, 4.69) is 5.10 Å². The summed E-state index contributed by atoms with van der Waals surface area (Å²) in [6.07, 6.45) is 9.89. The lowest BCUT2D eigenvalue weighted by atomic mass is 9.78. The minimum atomic E-state index is -0.991. The first-order valence-electron chi connectivity index (χ1n) is 13.0. The first kappa shape index (κ1) is 23.0. The summed E-state index contributed by atoms with van der Waals surface area (Å²) in [5.74, 6) is -1.00. The molecule has 7 heteroatoms. The molecule has 6 nitrogen and oxygen atoms in total. The number of likely N-dealkylation sites (tertiary alicyclic amines) is 1. The molecule has 3 aromatic rings. The number of carboxylic acids is 1. The van der Waals surface area contributed by atoms with Crippen LogP contribution in [0.15, 0.2) is 48.7 Å². The molecule has 36 heavy (non-hydrogen) atoms. The quantitative estimate of drug-likeness (QED) is 0.475. The second kappa shape index (κ2) is 9.19. The molecule has 0 spiro atoms. The maximum atomic E-state index is 15.9. The summed E-state index contributed by atoms with van der Waals surface area (Å²) in [7, 11) is 0. The monoisotopic (exact) mass is 487 g/mol. The van der Waals surface area contributed by atoms with Gasteiger partial charge in [-0.15, -0.1) is 0 Å². The summed E-state index contributed by atoms with van der Waals surface area (Å²) in [6.45, 7) is 0.689. The van der Waals surface area contributed by atoms with Gasteiger partial charge in [0.25, 0.3) is 5.91 Å². The van der Waals surface area contributed by atoms with E-state index in [0.29, 0.717) is 35.0 Å². The Morgan fingerprint density at radius 1 is 0.944 bits per heavy atom. The number of aromatic nitrogens is 2. The highest BCUT2D eigenvalue weighted by atomic mass is 19.1. The number of carboxylic acid groups (broad SMARTS) is 1. The zero-order valence-corrected chi connectivity index (χ0v) is 20.2. The largest absolute Gasteiger partial charge is 0.478 e. The van der Waals surface area contributed by atoms with Crippen LogP contribution in [0.4, 0.5) is 4.39 Å². The normalized spacial score (nSPS) is 21.8. The van der Waals surface area contributed by atoms with E-state index in [1.54, 1.807) is 22.9 Å². The molecule has 2 saturated carbocycles. The topological polar surface area (TPSA) is 75.4 Å². The van der Waals surface area contributed by atoms with Crippen LogP contribution in [0, 0.1) is 11.7 Å². The molecule has 1 N–H and O–H groups in total. The number of fused-ring (bicyclic) bond motifs is 1. The molecule has 3 fully saturated rings. The fraction of sp³-hybridized carbons (Fsp3) is 0.414. The molecule has 1 saturated heterocycles. The van der Waals surface area contributed by atoms with Crippen molar-refractivity contribution < 1.29 is 19.1 Å². The minimum absolute atomic E-state index is 0.120. The summed E-state index contributed by atoms with van der Waals surface area (Å²) >= 11 is 0. The van der Waals surface area contributed by atoms with Gasteiger partial charge in [0.15, 0.2) is 0 Å². The lowest BCUT2D eigenvalue weighted by molar-refractivity contribution is 0.0386. The SMILES string of the molecule is O=C(O)c1cnn(-c2cccc(-c3cccc(C(=O)N4CCCC5CCCCC54)c3F)c2)c1C1CC1. The zero-order chi connectivity index (χ0) is 24.8. The van der Waals surface area contributed by atoms with Crippen molar-refractivity contribution in [2.45, 2.75) is 63.3 Å². The molecule has 0 radical (unpaired) electrons. The fourth-order valence-electron chi connectivity index (χ4n) is 6.23. The highest BCUT2D eigenvalue weighted by Gasteiger charge is 2.37. The third-order valence-corrected chi connectivity index (χ3v) is 8.14. The van der Waals surface area contributed by atoms with Gasteiger partial charge < -0.3 is 10.0 Å². The van der Waals surface area contributed by atoms with Crippen molar-refractivity contribution in [1.82, 2.24) is 14.7 Å². The van der Waals surface area contributed by atoms with Crippen molar-refractivity contribution in [3.8, 4) is 16.8 Å². The van der Waals surface area contributed by atoms with Gasteiger partial charge in [0.1, 0.15) is 11.4 Å². The summed E-state index contributed by atoms with van der Waals surface area (Å²) in [5, 5.41) is 13.9. The number of amides is 1. The molecule has 1 aromatic heterocycles. The Morgan fingerprint density at radius 3 is 2.53 bits per heavy atom.